The summed E-state index contributed by atoms with van der Waals surface area (Å²) in [5.74, 6) is 0.0282. The Morgan fingerprint density at radius 3 is 2.57 bits per heavy atom. The van der Waals surface area contributed by atoms with Crippen molar-refractivity contribution in [2.24, 2.45) is 0 Å². The molecule has 0 radical (unpaired) electrons. The van der Waals surface area contributed by atoms with Gasteiger partial charge in [-0.1, -0.05) is 35.1 Å². The summed E-state index contributed by atoms with van der Waals surface area (Å²) < 4.78 is 6.60. The number of ether oxygens (including phenoxy) is 1. The number of carbonyl (C=O) groups is 1. The lowest BCUT2D eigenvalue weighted by atomic mass is 10.1. The van der Waals surface area contributed by atoms with Crippen molar-refractivity contribution >= 4 is 32.6 Å². The van der Waals surface area contributed by atoms with Gasteiger partial charge in [0.2, 0.25) is 0 Å². The van der Waals surface area contributed by atoms with Crippen molar-refractivity contribution in [3.63, 3.8) is 0 Å². The Morgan fingerprint density at radius 1 is 1.10 bits per heavy atom. The van der Waals surface area contributed by atoms with E-state index in [1.807, 2.05) is 36.1 Å². The van der Waals surface area contributed by atoms with Gasteiger partial charge in [-0.15, -0.1) is 0 Å². The highest BCUT2D eigenvalue weighted by molar-refractivity contribution is 7.22. The van der Waals surface area contributed by atoms with E-state index in [-0.39, 0.29) is 5.91 Å². The highest BCUT2D eigenvalue weighted by Crippen LogP contribution is 2.32. The first-order valence-corrected chi connectivity index (χ1v) is 11.5. The van der Waals surface area contributed by atoms with Crippen molar-refractivity contribution in [2.75, 3.05) is 44.3 Å². The van der Waals surface area contributed by atoms with E-state index in [1.165, 1.54) is 11.1 Å². The van der Waals surface area contributed by atoms with Gasteiger partial charge in [-0.3, -0.25) is 9.69 Å². The molecule has 2 aromatic carbocycles. The summed E-state index contributed by atoms with van der Waals surface area (Å²) in [7, 11) is 0. The monoisotopic (exact) mass is 424 g/mol. The highest BCUT2D eigenvalue weighted by Gasteiger charge is 2.23. The predicted octanol–water partition coefficient (Wildman–Crippen LogP) is 3.17. The smallest absolute Gasteiger partial charge is 0.260 e. The second-order valence-corrected chi connectivity index (χ2v) is 9.15. The second kappa shape index (κ2) is 9.25. The van der Waals surface area contributed by atoms with Gasteiger partial charge < -0.3 is 9.64 Å². The number of quaternary nitrogens is 1. The van der Waals surface area contributed by atoms with Crippen LogP contribution in [-0.4, -0.2) is 50.3 Å². The molecule has 1 amide bonds. The lowest BCUT2D eigenvalue weighted by Crippen LogP contribution is -3.14. The molecular weight excluding hydrogens is 394 g/mol. The van der Waals surface area contributed by atoms with Crippen LogP contribution < -0.4 is 9.80 Å². The fourth-order valence-electron chi connectivity index (χ4n) is 3.86. The number of amides is 1. The van der Waals surface area contributed by atoms with Gasteiger partial charge in [-0.05, 0) is 50.1 Å². The van der Waals surface area contributed by atoms with Crippen LogP contribution >= 0.6 is 11.3 Å². The van der Waals surface area contributed by atoms with Crippen LogP contribution in [0.3, 0.4) is 0 Å². The quantitative estimate of drug-likeness (QED) is 0.661. The van der Waals surface area contributed by atoms with Gasteiger partial charge in [-0.25, -0.2) is 4.98 Å². The Morgan fingerprint density at radius 2 is 1.83 bits per heavy atom. The fourth-order valence-corrected chi connectivity index (χ4v) is 4.91. The summed E-state index contributed by atoms with van der Waals surface area (Å²) in [6.45, 7) is 11.7. The summed E-state index contributed by atoms with van der Waals surface area (Å²) in [5, 5.41) is 0.793. The zero-order chi connectivity index (χ0) is 21.1. The molecule has 1 aromatic heterocycles. The number of rotatable bonds is 6. The van der Waals surface area contributed by atoms with E-state index in [0.717, 1.165) is 60.2 Å². The Balaban J connectivity index is 1.59. The van der Waals surface area contributed by atoms with Crippen LogP contribution in [0.25, 0.3) is 10.2 Å². The number of fused-ring (bicyclic) bond motifs is 1. The van der Waals surface area contributed by atoms with Crippen molar-refractivity contribution in [1.29, 1.82) is 0 Å². The number of anilines is 1. The Labute approximate surface area is 182 Å². The van der Waals surface area contributed by atoms with Gasteiger partial charge >= 0.3 is 0 Å². The van der Waals surface area contributed by atoms with Crippen LogP contribution in [-0.2, 0) is 4.74 Å². The van der Waals surface area contributed by atoms with Gasteiger partial charge in [0.05, 0.1) is 30.0 Å². The van der Waals surface area contributed by atoms with E-state index in [0.29, 0.717) is 12.1 Å². The number of hydrogen-bond acceptors (Lipinski definition) is 4. The number of benzene rings is 2. The largest absolute Gasteiger partial charge is 0.370 e. The lowest BCUT2D eigenvalue weighted by Gasteiger charge is -2.25. The maximum atomic E-state index is 13.4. The van der Waals surface area contributed by atoms with E-state index >= 15 is 0 Å². The van der Waals surface area contributed by atoms with E-state index in [4.69, 9.17) is 9.72 Å². The average Bonchev–Trinajstić information content (AvgIpc) is 3.19. The molecule has 0 unspecified atom stereocenters. The maximum absolute atomic E-state index is 13.4. The molecule has 0 bridgehead atoms. The molecule has 2 heterocycles. The van der Waals surface area contributed by atoms with Gasteiger partial charge in [-0.2, -0.15) is 0 Å². The zero-order valence-electron chi connectivity index (χ0n) is 18.0. The molecule has 30 heavy (non-hydrogen) atoms. The summed E-state index contributed by atoms with van der Waals surface area (Å²) in [4.78, 5) is 21.8. The predicted molar refractivity (Wildman–Crippen MR) is 123 cm³/mol. The summed E-state index contributed by atoms with van der Waals surface area (Å²) in [6.07, 6.45) is 0.945. The minimum Gasteiger partial charge on any atom is -0.370 e. The lowest BCUT2D eigenvalue weighted by molar-refractivity contribution is -0.908. The number of aromatic nitrogens is 1. The molecule has 3 aromatic rings. The number of carbonyl (C=O) groups excluding carboxylic acids is 1. The number of thiazole rings is 1. The molecule has 0 aliphatic carbocycles. The molecule has 1 N–H and O–H groups in total. The number of hydrogen-bond donors (Lipinski definition) is 1. The summed E-state index contributed by atoms with van der Waals surface area (Å²) >= 11 is 1.61. The molecule has 1 aliphatic heterocycles. The molecule has 0 saturated carbocycles. The van der Waals surface area contributed by atoms with Crippen molar-refractivity contribution in [1.82, 2.24) is 4.98 Å². The van der Waals surface area contributed by atoms with Crippen molar-refractivity contribution < 1.29 is 14.4 Å². The van der Waals surface area contributed by atoms with Crippen LogP contribution in [0.4, 0.5) is 5.13 Å². The summed E-state index contributed by atoms with van der Waals surface area (Å²) in [5.41, 5.74) is 5.30. The zero-order valence-corrected chi connectivity index (χ0v) is 18.8. The van der Waals surface area contributed by atoms with Crippen LogP contribution in [0.1, 0.15) is 33.5 Å². The Hall–Kier alpha value is -2.28. The first-order chi connectivity index (χ1) is 14.5. The SMILES string of the molecule is Cc1ccc(C(=O)N(CCC[NH+]2CCOCC2)c2nc3c(C)c(C)ccc3s2)cc1. The fraction of sp³-hybridized carbons (Fsp3) is 0.417. The minimum absolute atomic E-state index is 0.0282. The average molecular weight is 425 g/mol. The summed E-state index contributed by atoms with van der Waals surface area (Å²) in [6, 6.07) is 12.1. The molecule has 5 nitrogen and oxygen atoms in total. The minimum atomic E-state index is 0.0282. The van der Waals surface area contributed by atoms with Crippen molar-refractivity contribution in [3.05, 3.63) is 58.7 Å². The van der Waals surface area contributed by atoms with Gasteiger partial charge in [0, 0.05) is 18.5 Å². The third-order valence-corrected chi connectivity index (χ3v) is 7.00. The first kappa shape index (κ1) is 21.0. The maximum Gasteiger partial charge on any atom is 0.260 e. The van der Waals surface area contributed by atoms with Crippen LogP contribution in [0.5, 0.6) is 0 Å². The number of aryl methyl sites for hydroxylation is 3. The van der Waals surface area contributed by atoms with Gasteiger partial charge in [0.25, 0.3) is 5.91 Å². The first-order valence-electron chi connectivity index (χ1n) is 10.7. The molecule has 0 spiro atoms. The van der Waals surface area contributed by atoms with E-state index < -0.39 is 0 Å². The van der Waals surface area contributed by atoms with E-state index in [9.17, 15) is 4.79 Å². The standard InChI is InChI=1S/C24H29N3O2S/c1-17-5-8-20(9-6-17)23(28)27(12-4-11-26-13-15-29-16-14-26)24-25-22-19(3)18(2)7-10-21(22)30-24/h5-10H,4,11-16H2,1-3H3/p+1. The van der Waals surface area contributed by atoms with Crippen LogP contribution in [0, 0.1) is 20.8 Å². The van der Waals surface area contributed by atoms with Gasteiger partial charge in [0.1, 0.15) is 13.1 Å². The normalized spacial score (nSPS) is 14.9. The van der Waals surface area contributed by atoms with Crippen molar-refractivity contribution in [2.45, 2.75) is 27.2 Å². The Kier molecular flexibility index (Phi) is 6.46. The molecular formula is C24H30N3O2S+. The topological polar surface area (TPSA) is 46.9 Å². The third kappa shape index (κ3) is 4.56. The Bertz CT molecular complexity index is 1020. The molecule has 1 saturated heterocycles. The molecule has 6 heteroatoms. The van der Waals surface area contributed by atoms with E-state index in [2.05, 4.69) is 26.0 Å². The van der Waals surface area contributed by atoms with Gasteiger partial charge in [0.15, 0.2) is 5.13 Å². The molecule has 4 rings (SSSR count). The number of nitrogens with zero attached hydrogens (tertiary/aromatic N) is 2. The highest BCUT2D eigenvalue weighted by atomic mass is 32.1. The molecule has 1 aliphatic rings. The number of nitrogens with one attached hydrogen (secondary N) is 1. The molecule has 158 valence electrons. The molecule has 0 atom stereocenters. The van der Waals surface area contributed by atoms with Crippen LogP contribution in [0.15, 0.2) is 36.4 Å². The van der Waals surface area contributed by atoms with Crippen molar-refractivity contribution in [3.8, 4) is 0 Å². The van der Waals surface area contributed by atoms with E-state index in [1.54, 1.807) is 16.2 Å². The number of morpholine rings is 1. The van der Waals surface area contributed by atoms with Crippen LogP contribution in [0.2, 0.25) is 0 Å². The second-order valence-electron chi connectivity index (χ2n) is 8.14. The third-order valence-electron chi connectivity index (χ3n) is 5.96. The molecule has 1 fully saturated rings.